The summed E-state index contributed by atoms with van der Waals surface area (Å²) in [7, 11) is -2.76. The average Bonchev–Trinajstić information content (AvgIpc) is 3.66. The van der Waals surface area contributed by atoms with Gasteiger partial charge in [0.05, 0.1) is 0 Å². The Morgan fingerprint density at radius 3 is 1.58 bits per heavy atom. The van der Waals surface area contributed by atoms with E-state index in [0.717, 1.165) is 6.42 Å². The fourth-order valence-electron chi connectivity index (χ4n) is 8.32. The minimum Gasteiger partial charge on any atom is -0.0623 e. The van der Waals surface area contributed by atoms with Crippen molar-refractivity contribution in [1.29, 1.82) is 0 Å². The summed E-state index contributed by atoms with van der Waals surface area (Å²) in [5.41, 5.74) is 12.6. The molecule has 2 aliphatic carbocycles. The summed E-state index contributed by atoms with van der Waals surface area (Å²) in [4.78, 5) is 0. The van der Waals surface area contributed by atoms with Gasteiger partial charge in [0.15, 0.2) is 8.07 Å². The summed E-state index contributed by atoms with van der Waals surface area (Å²) in [5, 5.41) is 5.77. The molecule has 212 valence electrons. The molecule has 0 aliphatic heterocycles. The number of hydrogen-bond donors (Lipinski definition) is 0. The Bertz CT molecular complexity index is 2110. The zero-order valence-corrected chi connectivity index (χ0v) is 26.0. The van der Waals surface area contributed by atoms with E-state index in [2.05, 4.69) is 176 Å². The van der Waals surface area contributed by atoms with Crippen molar-refractivity contribution in [2.75, 3.05) is 0 Å². The first-order chi connectivity index (χ1) is 22.3. The Morgan fingerprint density at radius 2 is 0.911 bits per heavy atom. The van der Waals surface area contributed by atoms with E-state index in [-0.39, 0.29) is 5.92 Å². The lowest BCUT2D eigenvalue weighted by molar-refractivity contribution is 1.02. The van der Waals surface area contributed by atoms with Crippen molar-refractivity contribution in [1.82, 2.24) is 0 Å². The molecule has 45 heavy (non-hydrogen) atoms. The van der Waals surface area contributed by atoms with Gasteiger partial charge in [0.2, 0.25) is 0 Å². The van der Waals surface area contributed by atoms with Crippen LogP contribution in [0.1, 0.15) is 33.7 Å². The summed E-state index contributed by atoms with van der Waals surface area (Å²) in [6, 6.07) is 66.4. The van der Waals surface area contributed by atoms with Crippen LogP contribution >= 0.6 is 0 Å². The number of benzene rings is 7. The van der Waals surface area contributed by atoms with Crippen LogP contribution in [0.2, 0.25) is 0 Å². The van der Waals surface area contributed by atoms with Crippen molar-refractivity contribution in [3.8, 4) is 22.3 Å². The van der Waals surface area contributed by atoms with Crippen molar-refractivity contribution in [2.45, 2.75) is 12.3 Å². The Labute approximate surface area is 266 Å². The van der Waals surface area contributed by atoms with Gasteiger partial charge in [-0.2, -0.15) is 0 Å². The quantitative estimate of drug-likeness (QED) is 0.142. The first kappa shape index (κ1) is 26.2. The van der Waals surface area contributed by atoms with Gasteiger partial charge in [-0.1, -0.05) is 176 Å². The van der Waals surface area contributed by atoms with Gasteiger partial charge in [0.25, 0.3) is 0 Å². The van der Waals surface area contributed by atoms with Crippen LogP contribution in [0.4, 0.5) is 0 Å². The van der Waals surface area contributed by atoms with E-state index >= 15 is 0 Å². The van der Waals surface area contributed by atoms with E-state index in [1.54, 1.807) is 0 Å². The highest BCUT2D eigenvalue weighted by atomic mass is 28.3. The Kier molecular flexibility index (Phi) is 6.07. The van der Waals surface area contributed by atoms with Crippen LogP contribution in [0.5, 0.6) is 0 Å². The molecule has 0 fully saturated rings. The highest BCUT2D eigenvalue weighted by Gasteiger charge is 2.44. The lowest BCUT2D eigenvalue weighted by Crippen LogP contribution is -2.75. The molecule has 0 amide bonds. The first-order valence-corrected chi connectivity index (χ1v) is 17.9. The predicted octanol–water partition coefficient (Wildman–Crippen LogP) is 7.80. The third-order valence-electron chi connectivity index (χ3n) is 10.2. The van der Waals surface area contributed by atoms with Crippen LogP contribution in [0.25, 0.3) is 22.3 Å². The van der Waals surface area contributed by atoms with Crippen molar-refractivity contribution in [2.24, 2.45) is 0 Å². The second-order valence-electron chi connectivity index (χ2n) is 12.4. The average molecular weight is 589 g/mol. The minimum absolute atomic E-state index is 0.210. The van der Waals surface area contributed by atoms with Crippen LogP contribution in [-0.2, 0) is 6.42 Å². The van der Waals surface area contributed by atoms with Gasteiger partial charge in [0, 0.05) is 5.92 Å². The maximum absolute atomic E-state index is 2.76. The summed E-state index contributed by atoms with van der Waals surface area (Å²) in [6.07, 6.45) is 0.971. The molecule has 7 aromatic carbocycles. The topological polar surface area (TPSA) is 0 Å². The maximum Gasteiger partial charge on any atom is 0.179 e. The van der Waals surface area contributed by atoms with E-state index < -0.39 is 8.07 Å². The molecule has 0 bridgehead atoms. The Morgan fingerprint density at radius 1 is 0.400 bits per heavy atom. The SMILES string of the molecule is c1ccc([Si](c2ccccc2)(c2cccc(C3c4ccccc4-c4ccccc43)c2)c2cccc3c2Cc2ccccc2-3)cc1. The summed E-state index contributed by atoms with van der Waals surface area (Å²) in [6.45, 7) is 0. The van der Waals surface area contributed by atoms with Crippen molar-refractivity contribution < 1.29 is 0 Å². The van der Waals surface area contributed by atoms with Gasteiger partial charge in [-0.05, 0) is 77.2 Å². The monoisotopic (exact) mass is 588 g/mol. The van der Waals surface area contributed by atoms with Crippen LogP contribution < -0.4 is 20.7 Å². The van der Waals surface area contributed by atoms with Crippen molar-refractivity contribution >= 4 is 28.8 Å². The molecule has 2 aliphatic rings. The Balaban J connectivity index is 1.35. The van der Waals surface area contributed by atoms with Crippen LogP contribution in [0.15, 0.2) is 176 Å². The van der Waals surface area contributed by atoms with Gasteiger partial charge >= 0.3 is 0 Å². The molecule has 0 heterocycles. The van der Waals surface area contributed by atoms with Gasteiger partial charge < -0.3 is 0 Å². The first-order valence-electron chi connectivity index (χ1n) is 15.9. The number of rotatable bonds is 5. The van der Waals surface area contributed by atoms with Crippen LogP contribution in [0.3, 0.4) is 0 Å². The van der Waals surface area contributed by atoms with E-state index in [9.17, 15) is 0 Å². The second kappa shape index (κ2) is 10.4. The maximum atomic E-state index is 2.57. The molecule has 0 spiro atoms. The predicted molar refractivity (Wildman–Crippen MR) is 191 cm³/mol. The molecule has 0 saturated heterocycles. The fourth-order valence-corrected chi connectivity index (χ4v) is 13.4. The van der Waals surface area contributed by atoms with E-state index in [0.29, 0.717) is 0 Å². The molecule has 0 unspecified atom stereocenters. The third-order valence-corrected chi connectivity index (χ3v) is 15.0. The molecule has 0 atom stereocenters. The smallest absolute Gasteiger partial charge is 0.0623 e. The van der Waals surface area contributed by atoms with Crippen LogP contribution in [-0.4, -0.2) is 8.07 Å². The molecular formula is C44H32Si. The third kappa shape index (κ3) is 3.91. The second-order valence-corrected chi connectivity index (χ2v) is 16.2. The zero-order chi connectivity index (χ0) is 29.8. The molecule has 0 saturated carbocycles. The molecule has 0 nitrogen and oxygen atoms in total. The summed E-state index contributed by atoms with van der Waals surface area (Å²) < 4.78 is 0. The van der Waals surface area contributed by atoms with E-state index in [1.165, 1.54) is 70.8 Å². The normalized spacial score (nSPS) is 13.2. The highest BCUT2D eigenvalue weighted by molar-refractivity contribution is 7.20. The molecule has 0 N–H and O–H groups in total. The highest BCUT2D eigenvalue weighted by Crippen LogP contribution is 2.47. The van der Waals surface area contributed by atoms with Crippen LogP contribution in [0, 0.1) is 0 Å². The molecular weight excluding hydrogens is 557 g/mol. The number of fused-ring (bicyclic) bond motifs is 6. The van der Waals surface area contributed by atoms with E-state index in [4.69, 9.17) is 0 Å². The lowest BCUT2D eigenvalue weighted by atomic mass is 9.89. The van der Waals surface area contributed by atoms with Gasteiger partial charge in [-0.3, -0.25) is 0 Å². The lowest BCUT2D eigenvalue weighted by Gasteiger charge is -2.36. The molecule has 0 radical (unpaired) electrons. The van der Waals surface area contributed by atoms with Gasteiger partial charge in [-0.25, -0.2) is 0 Å². The minimum atomic E-state index is -2.76. The largest absolute Gasteiger partial charge is 0.179 e. The molecule has 9 rings (SSSR count). The molecule has 1 heteroatoms. The van der Waals surface area contributed by atoms with Crippen molar-refractivity contribution in [3.63, 3.8) is 0 Å². The standard InChI is InChI=1S/C44H32Si/c1-3-17-33(18-4-1)45(34-19-5-2-6-20-34,43-28-14-27-37-36-22-8-7-15-31(36)30-42(37)43)35-21-13-16-32(29-35)44-40-25-11-9-23-38(40)39-24-10-12-26-41(39)44/h1-29,44H,30H2. The zero-order valence-electron chi connectivity index (χ0n) is 25.0. The molecule has 7 aromatic rings. The summed E-state index contributed by atoms with van der Waals surface area (Å²) >= 11 is 0. The summed E-state index contributed by atoms with van der Waals surface area (Å²) in [5.74, 6) is 0.210. The van der Waals surface area contributed by atoms with Crippen molar-refractivity contribution in [3.05, 3.63) is 204 Å². The fraction of sp³-hybridized carbons (Fsp3) is 0.0455. The molecule has 0 aromatic heterocycles. The number of hydrogen-bond acceptors (Lipinski definition) is 0. The van der Waals surface area contributed by atoms with Gasteiger partial charge in [-0.15, -0.1) is 0 Å². The Hall–Kier alpha value is -5.24. The van der Waals surface area contributed by atoms with Gasteiger partial charge in [0.1, 0.15) is 0 Å². The van der Waals surface area contributed by atoms with E-state index in [1.807, 2.05) is 0 Å².